The van der Waals surface area contributed by atoms with Crippen LogP contribution in [0.1, 0.15) is 69.9 Å². The highest BCUT2D eigenvalue weighted by molar-refractivity contribution is 7.03. The lowest BCUT2D eigenvalue weighted by molar-refractivity contribution is 0.443. The molecule has 0 atom stereocenters. The smallest absolute Gasteiger partial charge is 0.248 e. The maximum Gasteiger partial charge on any atom is 0.248 e. The maximum atomic E-state index is 2.59. The molecule has 0 aromatic heterocycles. The molecule has 4 aliphatic heterocycles. The highest BCUT2D eigenvalue weighted by Crippen LogP contribution is 2.46. The summed E-state index contributed by atoms with van der Waals surface area (Å²) in [5.41, 5.74) is 29.1. The summed E-state index contributed by atoms with van der Waals surface area (Å²) in [7, 11) is 0. The molecule has 0 saturated heterocycles. The molecule has 2 nitrogen and oxygen atoms in total. The Balaban J connectivity index is 0.963. The van der Waals surface area contributed by atoms with Gasteiger partial charge in [-0.15, -0.1) is 0 Å². The van der Waals surface area contributed by atoms with Gasteiger partial charge in [-0.05, 0) is 162 Å². The number of para-hydroxylation sites is 2. The fourth-order valence-corrected chi connectivity index (χ4v) is 12.9. The average Bonchev–Trinajstić information content (AvgIpc) is 3.91. The van der Waals surface area contributed by atoms with Crippen molar-refractivity contribution < 1.29 is 0 Å². The normalized spacial score (nSPS) is 15.1. The van der Waals surface area contributed by atoms with Crippen LogP contribution < -0.4 is 42.6 Å². The van der Waals surface area contributed by atoms with Gasteiger partial charge in [-0.2, -0.15) is 0 Å². The predicted octanol–water partition coefficient (Wildman–Crippen LogP) is 12.9. The predicted molar refractivity (Wildman–Crippen MR) is 291 cm³/mol. The second-order valence-electron chi connectivity index (χ2n) is 21.0. The second-order valence-corrected chi connectivity index (χ2v) is 21.0. The van der Waals surface area contributed by atoms with E-state index >= 15 is 0 Å². The van der Waals surface area contributed by atoms with Gasteiger partial charge >= 0.3 is 0 Å². The van der Waals surface area contributed by atoms with Crippen LogP contribution in [-0.4, -0.2) is 13.4 Å². The Labute approximate surface area is 402 Å². The topological polar surface area (TPSA) is 6.48 Å². The zero-order valence-electron chi connectivity index (χ0n) is 39.1. The van der Waals surface area contributed by atoms with Gasteiger partial charge in [0.15, 0.2) is 0 Å². The van der Waals surface area contributed by atoms with Crippen LogP contribution in [-0.2, 0) is 5.41 Å². The standard InChI is InChI=1S/C64H52B2N2/c1-64(2,3)47-33-29-44(30-34-47)46-32-36-55-53(38-46)51-22-14-24-59-63(51)66(55)57-40-60-56(39-61(57)68(59)49-19-11-6-12-20-49)65-54-35-31-45(43-27-25-42(26-28-43)41-15-7-4-8-16-41)37-52(54)50-21-13-23-58(62(50)65)67(60)48-17-9-5-10-18-48/h5-6,9-14,17-41H,4,7-8,15-16H2,1-3H3. The molecular weight excluding hydrogens is 818 g/mol. The Hall–Kier alpha value is -7.29. The number of hydrogen-bond donors (Lipinski definition) is 0. The number of anilines is 6. The lowest BCUT2D eigenvalue weighted by Crippen LogP contribution is -2.58. The first kappa shape index (κ1) is 39.8. The van der Waals surface area contributed by atoms with Crippen molar-refractivity contribution >= 4 is 80.3 Å². The van der Waals surface area contributed by atoms with Crippen molar-refractivity contribution in [3.8, 4) is 44.5 Å². The molecule has 0 amide bonds. The summed E-state index contributed by atoms with van der Waals surface area (Å²) in [5, 5.41) is 0. The molecule has 5 aliphatic rings. The van der Waals surface area contributed by atoms with Crippen molar-refractivity contribution in [2.24, 2.45) is 0 Å². The molecule has 4 heterocycles. The lowest BCUT2D eigenvalue weighted by atomic mass is 9.34. The zero-order chi connectivity index (χ0) is 45.3. The molecule has 68 heavy (non-hydrogen) atoms. The van der Waals surface area contributed by atoms with E-state index in [9.17, 15) is 0 Å². The second kappa shape index (κ2) is 15.1. The summed E-state index contributed by atoms with van der Waals surface area (Å²) in [6.45, 7) is 7.04. The minimum absolute atomic E-state index is 0.0852. The summed E-state index contributed by atoms with van der Waals surface area (Å²) in [6.07, 6.45) is 6.74. The van der Waals surface area contributed by atoms with E-state index in [4.69, 9.17) is 0 Å². The molecule has 1 aliphatic carbocycles. The molecule has 0 spiro atoms. The molecule has 324 valence electrons. The highest BCUT2D eigenvalue weighted by atomic mass is 15.2. The molecule has 0 bridgehead atoms. The van der Waals surface area contributed by atoms with Crippen molar-refractivity contribution in [1.29, 1.82) is 0 Å². The summed E-state index contributed by atoms with van der Waals surface area (Å²) < 4.78 is 0. The Bertz CT molecular complexity index is 3470. The lowest BCUT2D eigenvalue weighted by Gasteiger charge is -2.41. The quantitative estimate of drug-likeness (QED) is 0.159. The number of hydrogen-bond acceptors (Lipinski definition) is 2. The van der Waals surface area contributed by atoms with Crippen molar-refractivity contribution in [2.45, 2.75) is 64.2 Å². The van der Waals surface area contributed by atoms with Crippen LogP contribution in [0.2, 0.25) is 0 Å². The Morgan fingerprint density at radius 3 is 1.31 bits per heavy atom. The fourth-order valence-electron chi connectivity index (χ4n) is 12.9. The van der Waals surface area contributed by atoms with E-state index in [0.29, 0.717) is 5.92 Å². The number of fused-ring (bicyclic) bond motifs is 10. The van der Waals surface area contributed by atoms with E-state index in [2.05, 4.69) is 225 Å². The monoisotopic (exact) mass is 870 g/mol. The molecular formula is C64H52B2N2. The third-order valence-corrected chi connectivity index (χ3v) is 16.2. The van der Waals surface area contributed by atoms with Gasteiger partial charge in [-0.3, -0.25) is 0 Å². The number of benzene rings is 9. The molecule has 9 aromatic carbocycles. The first-order valence-corrected chi connectivity index (χ1v) is 25.0. The van der Waals surface area contributed by atoms with Gasteiger partial charge in [0.25, 0.3) is 0 Å². The molecule has 9 aromatic rings. The SMILES string of the molecule is CC(C)(C)c1ccc(-c2ccc3c(c2)-c2cccc4c2B3c2cc3c(cc2N4c2ccccc2)B2c4ccc(-c5ccc(C6CCCCC6)cc5)cc4-c4cccc(c42)N3c2ccccc2)cc1. The molecule has 1 fully saturated rings. The largest absolute Gasteiger partial charge is 0.312 e. The fraction of sp³-hybridized carbons (Fsp3) is 0.156. The molecule has 14 rings (SSSR count). The van der Waals surface area contributed by atoms with Crippen molar-refractivity contribution in [3.63, 3.8) is 0 Å². The van der Waals surface area contributed by atoms with Crippen LogP contribution in [0.4, 0.5) is 34.1 Å². The van der Waals surface area contributed by atoms with Crippen LogP contribution in [0.3, 0.4) is 0 Å². The van der Waals surface area contributed by atoms with Crippen LogP contribution in [0.5, 0.6) is 0 Å². The number of rotatable bonds is 5. The summed E-state index contributed by atoms with van der Waals surface area (Å²) in [5.74, 6) is 0.704. The van der Waals surface area contributed by atoms with Crippen molar-refractivity contribution in [3.05, 3.63) is 205 Å². The third-order valence-electron chi connectivity index (χ3n) is 16.2. The Kier molecular flexibility index (Phi) is 8.85. The van der Waals surface area contributed by atoms with Crippen LogP contribution in [0.25, 0.3) is 44.5 Å². The van der Waals surface area contributed by atoms with Crippen LogP contribution in [0, 0.1) is 0 Å². The van der Waals surface area contributed by atoms with Gasteiger partial charge in [0.05, 0.1) is 0 Å². The van der Waals surface area contributed by atoms with E-state index in [-0.39, 0.29) is 18.8 Å². The van der Waals surface area contributed by atoms with Crippen LogP contribution in [0.15, 0.2) is 194 Å². The molecule has 1 saturated carbocycles. The highest BCUT2D eigenvalue weighted by Gasteiger charge is 2.47. The minimum atomic E-state index is 0.0852. The van der Waals surface area contributed by atoms with Crippen LogP contribution >= 0.6 is 0 Å². The van der Waals surface area contributed by atoms with Gasteiger partial charge in [0.1, 0.15) is 0 Å². The molecule has 0 N–H and O–H groups in total. The molecule has 0 unspecified atom stereocenters. The third kappa shape index (κ3) is 5.99. The van der Waals surface area contributed by atoms with Crippen molar-refractivity contribution in [2.75, 3.05) is 9.80 Å². The van der Waals surface area contributed by atoms with Gasteiger partial charge in [0, 0.05) is 34.1 Å². The Morgan fingerprint density at radius 2 is 0.838 bits per heavy atom. The van der Waals surface area contributed by atoms with Gasteiger partial charge in [-0.1, -0.05) is 184 Å². The molecule has 4 heteroatoms. The van der Waals surface area contributed by atoms with E-state index in [1.165, 1.54) is 155 Å². The van der Waals surface area contributed by atoms with Gasteiger partial charge < -0.3 is 9.80 Å². The van der Waals surface area contributed by atoms with E-state index in [1.54, 1.807) is 0 Å². The van der Waals surface area contributed by atoms with E-state index in [0.717, 1.165) is 0 Å². The maximum absolute atomic E-state index is 2.59. The minimum Gasteiger partial charge on any atom is -0.312 e. The Morgan fingerprint density at radius 1 is 0.382 bits per heavy atom. The zero-order valence-corrected chi connectivity index (χ0v) is 39.1. The number of nitrogens with zero attached hydrogens (tertiary/aromatic N) is 2. The van der Waals surface area contributed by atoms with E-state index in [1.807, 2.05) is 0 Å². The first-order chi connectivity index (χ1) is 33.4. The summed E-state index contributed by atoms with van der Waals surface area (Å²) in [4.78, 5) is 5.13. The molecule has 0 radical (unpaired) electrons. The summed E-state index contributed by atoms with van der Waals surface area (Å²) in [6, 6.07) is 74.7. The summed E-state index contributed by atoms with van der Waals surface area (Å²) >= 11 is 0. The van der Waals surface area contributed by atoms with E-state index < -0.39 is 0 Å². The van der Waals surface area contributed by atoms with Gasteiger partial charge in [-0.25, -0.2) is 0 Å². The first-order valence-electron chi connectivity index (χ1n) is 25.0. The van der Waals surface area contributed by atoms with Crippen molar-refractivity contribution in [1.82, 2.24) is 0 Å². The van der Waals surface area contributed by atoms with Gasteiger partial charge in [0.2, 0.25) is 13.4 Å². The average molecular weight is 871 g/mol.